The van der Waals surface area contributed by atoms with E-state index in [4.69, 9.17) is 5.11 Å². The van der Waals surface area contributed by atoms with E-state index in [1.807, 2.05) is 0 Å². The molecule has 0 saturated carbocycles. The first-order chi connectivity index (χ1) is 10.4. The molecule has 0 bridgehead atoms. The highest BCUT2D eigenvalue weighted by Crippen LogP contribution is 2.22. The molecule has 0 aromatic heterocycles. The van der Waals surface area contributed by atoms with E-state index in [1.54, 1.807) is 6.92 Å². The lowest BCUT2D eigenvalue weighted by molar-refractivity contribution is -0.138. The van der Waals surface area contributed by atoms with Crippen molar-refractivity contribution in [3.63, 3.8) is 0 Å². The first-order valence-electron chi connectivity index (χ1n) is 6.13. The zero-order valence-electron chi connectivity index (χ0n) is 11.3. The molecule has 0 aliphatic carbocycles. The van der Waals surface area contributed by atoms with E-state index in [0.717, 1.165) is 24.0 Å². The number of thioether (sulfide) groups is 1. The molecule has 1 fully saturated rings. The fourth-order valence-corrected chi connectivity index (χ4v) is 2.65. The molecule has 1 unspecified atom stereocenters. The van der Waals surface area contributed by atoms with Gasteiger partial charge < -0.3 is 10.4 Å². The molecular formula is C13H11F2N3O3S. The van der Waals surface area contributed by atoms with E-state index >= 15 is 0 Å². The van der Waals surface area contributed by atoms with Gasteiger partial charge in [0.2, 0.25) is 5.91 Å². The molecule has 2 rings (SSSR count). The second kappa shape index (κ2) is 6.65. The van der Waals surface area contributed by atoms with Crippen molar-refractivity contribution in [2.45, 2.75) is 18.6 Å². The van der Waals surface area contributed by atoms with Gasteiger partial charge in [0.05, 0.1) is 12.6 Å². The Bertz CT molecular complexity index is 691. The summed E-state index contributed by atoms with van der Waals surface area (Å²) in [5, 5.41) is 17.6. The number of halogens is 2. The highest BCUT2D eigenvalue weighted by molar-refractivity contribution is 8.15. The summed E-state index contributed by atoms with van der Waals surface area (Å²) in [4.78, 5) is 22.0. The van der Waals surface area contributed by atoms with Crippen molar-refractivity contribution in [3.8, 4) is 0 Å². The van der Waals surface area contributed by atoms with Gasteiger partial charge in [0.15, 0.2) is 16.8 Å². The maximum Gasteiger partial charge on any atom is 0.305 e. The summed E-state index contributed by atoms with van der Waals surface area (Å²) >= 11 is 0.920. The van der Waals surface area contributed by atoms with Crippen LogP contribution in [0.4, 0.5) is 8.78 Å². The number of carboxylic acid groups (broad SMARTS) is 1. The number of hydrogen-bond acceptors (Lipinski definition) is 5. The summed E-state index contributed by atoms with van der Waals surface area (Å²) in [6.45, 7) is 1.61. The van der Waals surface area contributed by atoms with Crippen molar-refractivity contribution in [3.05, 3.63) is 34.9 Å². The molecule has 1 atom stereocenters. The molecule has 1 heterocycles. The van der Waals surface area contributed by atoms with Crippen LogP contribution in [0.5, 0.6) is 0 Å². The molecule has 1 aromatic rings. The third kappa shape index (κ3) is 3.88. The molecular weight excluding hydrogens is 316 g/mol. The minimum atomic E-state index is -1.10. The number of rotatable bonds is 4. The van der Waals surface area contributed by atoms with E-state index in [0.29, 0.717) is 5.56 Å². The minimum Gasteiger partial charge on any atom is -0.481 e. The van der Waals surface area contributed by atoms with E-state index < -0.39 is 28.8 Å². The van der Waals surface area contributed by atoms with Crippen molar-refractivity contribution < 1.29 is 23.5 Å². The lowest BCUT2D eigenvalue weighted by Gasteiger charge is -1.99. The summed E-state index contributed by atoms with van der Waals surface area (Å²) in [5.41, 5.74) is 0.455. The second-order valence-electron chi connectivity index (χ2n) is 4.49. The largest absolute Gasteiger partial charge is 0.481 e. The van der Waals surface area contributed by atoms with Crippen LogP contribution < -0.4 is 5.32 Å². The Kier molecular flexibility index (Phi) is 4.86. The summed E-state index contributed by atoms with van der Waals surface area (Å²) in [5.74, 6) is -3.61. The van der Waals surface area contributed by atoms with Gasteiger partial charge in [0.1, 0.15) is 5.25 Å². The fraction of sp³-hybridized carbons (Fsp3) is 0.231. The molecule has 2 N–H and O–H groups in total. The monoisotopic (exact) mass is 327 g/mol. The lowest BCUT2D eigenvalue weighted by Crippen LogP contribution is -2.26. The Morgan fingerprint density at radius 1 is 1.50 bits per heavy atom. The van der Waals surface area contributed by atoms with Crippen molar-refractivity contribution >= 4 is 35.0 Å². The van der Waals surface area contributed by atoms with Crippen LogP contribution in [0.15, 0.2) is 22.3 Å². The Morgan fingerprint density at radius 2 is 2.23 bits per heavy atom. The summed E-state index contributed by atoms with van der Waals surface area (Å²) in [7, 11) is 0. The average molecular weight is 327 g/mol. The highest BCUT2D eigenvalue weighted by atomic mass is 32.2. The molecule has 22 heavy (non-hydrogen) atoms. The Balaban J connectivity index is 2.09. The number of benzene rings is 1. The van der Waals surface area contributed by atoms with Crippen LogP contribution in [0.2, 0.25) is 0 Å². The van der Waals surface area contributed by atoms with E-state index in [9.17, 15) is 18.4 Å². The number of carbonyl (C=O) groups excluding carboxylic acids is 1. The van der Waals surface area contributed by atoms with Crippen LogP contribution >= 0.6 is 11.8 Å². The molecule has 0 radical (unpaired) electrons. The Hall–Kier alpha value is -2.29. The third-order valence-electron chi connectivity index (χ3n) is 2.68. The van der Waals surface area contributed by atoms with Crippen LogP contribution in [0, 0.1) is 18.6 Å². The molecule has 1 saturated heterocycles. The SMILES string of the molecule is Cc1cc(F)c(F)c(C=NN=C2NC(=O)C(CC(=O)O)S2)c1. The molecule has 0 spiro atoms. The number of carbonyl (C=O) groups is 2. The topological polar surface area (TPSA) is 91.1 Å². The minimum absolute atomic E-state index is 0.0711. The first-order valence-corrected chi connectivity index (χ1v) is 7.00. The van der Waals surface area contributed by atoms with Crippen LogP contribution in [0.1, 0.15) is 17.5 Å². The fourth-order valence-electron chi connectivity index (χ4n) is 1.73. The summed E-state index contributed by atoms with van der Waals surface area (Å²) in [6.07, 6.45) is 0.687. The van der Waals surface area contributed by atoms with Crippen molar-refractivity contribution in [2.24, 2.45) is 10.2 Å². The number of aliphatic carboxylic acids is 1. The van der Waals surface area contributed by atoms with Crippen molar-refractivity contribution in [2.75, 3.05) is 0 Å². The maximum atomic E-state index is 13.5. The highest BCUT2D eigenvalue weighted by Gasteiger charge is 2.32. The molecule has 1 aliphatic heterocycles. The van der Waals surface area contributed by atoms with Gasteiger partial charge in [-0.05, 0) is 24.6 Å². The molecule has 1 aromatic carbocycles. The zero-order valence-corrected chi connectivity index (χ0v) is 12.2. The van der Waals surface area contributed by atoms with E-state index in [1.165, 1.54) is 6.07 Å². The third-order valence-corrected chi connectivity index (χ3v) is 3.75. The van der Waals surface area contributed by atoms with E-state index in [2.05, 4.69) is 15.5 Å². The van der Waals surface area contributed by atoms with Gasteiger partial charge in [-0.1, -0.05) is 11.8 Å². The van der Waals surface area contributed by atoms with Crippen molar-refractivity contribution in [1.82, 2.24) is 5.32 Å². The van der Waals surface area contributed by atoms with Gasteiger partial charge in [0.25, 0.3) is 0 Å². The van der Waals surface area contributed by atoms with Gasteiger partial charge in [0, 0.05) is 5.56 Å². The number of amides is 1. The molecule has 1 amide bonds. The predicted molar refractivity (Wildman–Crippen MR) is 77.9 cm³/mol. The molecule has 1 aliphatic rings. The van der Waals surface area contributed by atoms with Crippen molar-refractivity contribution in [1.29, 1.82) is 0 Å². The lowest BCUT2D eigenvalue weighted by atomic mass is 10.1. The maximum absolute atomic E-state index is 13.5. The number of amidine groups is 1. The molecule has 6 nitrogen and oxygen atoms in total. The normalized spacial score (nSPS) is 19.9. The Morgan fingerprint density at radius 3 is 2.91 bits per heavy atom. The second-order valence-corrected chi connectivity index (χ2v) is 5.68. The van der Waals surface area contributed by atoms with Crippen LogP contribution in [-0.4, -0.2) is 33.6 Å². The quantitative estimate of drug-likeness (QED) is 0.650. The van der Waals surface area contributed by atoms with Crippen LogP contribution in [0.3, 0.4) is 0 Å². The number of nitrogens with one attached hydrogen (secondary N) is 1. The predicted octanol–water partition coefficient (Wildman–Crippen LogP) is 1.67. The Labute approximate surface area is 128 Å². The van der Waals surface area contributed by atoms with Gasteiger partial charge in [-0.3, -0.25) is 9.59 Å². The van der Waals surface area contributed by atoms with E-state index in [-0.39, 0.29) is 17.2 Å². The van der Waals surface area contributed by atoms with Crippen LogP contribution in [-0.2, 0) is 9.59 Å². The van der Waals surface area contributed by atoms with Gasteiger partial charge in [-0.2, -0.15) is 5.10 Å². The van der Waals surface area contributed by atoms with Gasteiger partial charge >= 0.3 is 5.97 Å². The van der Waals surface area contributed by atoms with Gasteiger partial charge in [-0.15, -0.1) is 5.10 Å². The molecule has 116 valence electrons. The number of nitrogens with zero attached hydrogens (tertiary/aromatic N) is 2. The smallest absolute Gasteiger partial charge is 0.305 e. The van der Waals surface area contributed by atoms with Gasteiger partial charge in [-0.25, -0.2) is 8.78 Å². The number of hydrogen-bond donors (Lipinski definition) is 2. The van der Waals surface area contributed by atoms with Crippen LogP contribution in [0.25, 0.3) is 0 Å². The molecule has 9 heteroatoms. The first kappa shape index (κ1) is 16.1. The average Bonchev–Trinajstić information content (AvgIpc) is 2.75. The standard InChI is InChI=1S/C13H11F2N3O3S/c1-6-2-7(11(15)8(14)3-6)5-16-18-13-17-12(21)9(22-13)4-10(19)20/h2-3,5,9H,4H2,1H3,(H,19,20)(H,17,18,21). The number of carboxylic acids is 1. The summed E-state index contributed by atoms with van der Waals surface area (Å²) < 4.78 is 26.7. The number of aryl methyl sites for hydroxylation is 1. The summed E-state index contributed by atoms with van der Waals surface area (Å²) in [6, 6.07) is 2.46. The zero-order chi connectivity index (χ0) is 16.3.